The van der Waals surface area contributed by atoms with Crippen molar-refractivity contribution in [2.45, 2.75) is 12.0 Å². The predicted octanol–water partition coefficient (Wildman–Crippen LogP) is 11.6. The van der Waals surface area contributed by atoms with Crippen LogP contribution in [0.15, 0.2) is 173 Å². The van der Waals surface area contributed by atoms with Crippen molar-refractivity contribution in [3.63, 3.8) is 0 Å². The van der Waals surface area contributed by atoms with Gasteiger partial charge in [-0.1, -0.05) is 115 Å². The number of ether oxygens (including phenoxy) is 1. The first-order valence-corrected chi connectivity index (χ1v) is 18.9. The lowest BCUT2D eigenvalue weighted by atomic mass is 9.86. The van der Waals surface area contributed by atoms with Crippen LogP contribution in [0.2, 0.25) is 0 Å². The monoisotopic (exact) mass is 735 g/mol. The number of aromatic nitrogens is 5. The summed E-state index contributed by atoms with van der Waals surface area (Å²) >= 11 is 0. The van der Waals surface area contributed by atoms with E-state index in [-0.39, 0.29) is 12.0 Å². The van der Waals surface area contributed by atoms with E-state index in [1.165, 1.54) is 0 Å². The third-order valence-electron chi connectivity index (χ3n) is 10.9. The molecule has 0 bridgehead atoms. The van der Waals surface area contributed by atoms with Crippen LogP contribution in [0.1, 0.15) is 17.3 Å². The number of rotatable bonds is 5. The van der Waals surface area contributed by atoms with Crippen LogP contribution < -0.4 is 4.74 Å². The first-order chi connectivity index (χ1) is 28.2. The molecule has 0 radical (unpaired) electrons. The summed E-state index contributed by atoms with van der Waals surface area (Å²) in [5.74, 6) is 3.05. The van der Waals surface area contributed by atoms with Crippen molar-refractivity contribution >= 4 is 49.6 Å². The summed E-state index contributed by atoms with van der Waals surface area (Å²) in [5, 5.41) is 3.07. The topological polar surface area (TPSA) is 100.0 Å². The molecule has 6 aromatic carbocycles. The highest BCUT2D eigenvalue weighted by Crippen LogP contribution is 2.47. The highest BCUT2D eigenvalue weighted by Gasteiger charge is 2.39. The molecule has 0 saturated carbocycles. The van der Waals surface area contributed by atoms with Gasteiger partial charge in [0.2, 0.25) is 0 Å². The highest BCUT2D eigenvalue weighted by molar-refractivity contribution is 6.07. The Morgan fingerprint density at radius 2 is 1.09 bits per heavy atom. The smallest absolute Gasteiger partial charge is 0.180 e. The van der Waals surface area contributed by atoms with Crippen LogP contribution in [0.4, 0.5) is 0 Å². The largest absolute Gasteiger partial charge is 0.484 e. The molecule has 57 heavy (non-hydrogen) atoms. The Kier molecular flexibility index (Phi) is 6.88. The van der Waals surface area contributed by atoms with Crippen molar-refractivity contribution in [1.82, 2.24) is 24.9 Å². The zero-order chi connectivity index (χ0) is 37.5. The van der Waals surface area contributed by atoms with Gasteiger partial charge in [0.25, 0.3) is 0 Å². The molecule has 10 aromatic rings. The molecule has 0 saturated heterocycles. The number of hydrogen-bond acceptors (Lipinski definition) is 8. The molecule has 0 N–H and O–H groups in total. The van der Waals surface area contributed by atoms with Gasteiger partial charge in [0.15, 0.2) is 28.9 Å². The van der Waals surface area contributed by atoms with E-state index in [0.717, 1.165) is 83.3 Å². The number of benzene rings is 6. The lowest BCUT2D eigenvalue weighted by Crippen LogP contribution is -2.22. The fraction of sp³-hybridized carbons (Fsp3) is 0.0408. The van der Waals surface area contributed by atoms with Gasteiger partial charge in [-0.2, -0.15) is 0 Å². The standard InChI is InChI=1S/C49H29N5O3/c1-3-12-28(13-4-1)42-45-43(35-17-8-10-21-39(35)57-45)51-49(50-42)36-19-11-18-34-37-26-30(23-25-40(37)56-44(34)36)47-52-46(29-14-5-2-6-15-29)53-48(54-47)31-22-24-33-32-16-7-9-20-38(32)55-41(33)27-31/h1-27,34,44H. The molecule has 8 heteroatoms. The number of para-hydroxylation sites is 2. The maximum Gasteiger partial charge on any atom is 0.180 e. The van der Waals surface area contributed by atoms with Crippen LogP contribution in [0.5, 0.6) is 5.75 Å². The number of hydrogen-bond donors (Lipinski definition) is 0. The van der Waals surface area contributed by atoms with Crippen molar-refractivity contribution in [3.8, 4) is 51.2 Å². The molecule has 5 heterocycles. The summed E-state index contributed by atoms with van der Waals surface area (Å²) in [6.07, 6.45) is 6.00. The molecule has 4 aromatic heterocycles. The summed E-state index contributed by atoms with van der Waals surface area (Å²) in [6, 6.07) is 48.5. The average Bonchev–Trinajstić information content (AvgIpc) is 3.97. The molecule has 268 valence electrons. The Hall–Kier alpha value is -7.71. The van der Waals surface area contributed by atoms with Gasteiger partial charge in [0.1, 0.15) is 39.8 Å². The molecular weight excluding hydrogens is 707 g/mol. The molecule has 1 aliphatic carbocycles. The van der Waals surface area contributed by atoms with Crippen molar-refractivity contribution in [1.29, 1.82) is 0 Å². The van der Waals surface area contributed by atoms with Gasteiger partial charge < -0.3 is 13.6 Å². The third kappa shape index (κ3) is 5.11. The second kappa shape index (κ2) is 12.4. The zero-order valence-electron chi connectivity index (χ0n) is 30.2. The molecule has 0 fully saturated rings. The third-order valence-corrected chi connectivity index (χ3v) is 10.9. The first kappa shape index (κ1) is 31.6. The van der Waals surface area contributed by atoms with Gasteiger partial charge in [-0.25, -0.2) is 24.9 Å². The Bertz CT molecular complexity index is 3290. The Balaban J connectivity index is 0.949. The summed E-state index contributed by atoms with van der Waals surface area (Å²) in [7, 11) is 0. The van der Waals surface area contributed by atoms with Crippen molar-refractivity contribution in [3.05, 3.63) is 175 Å². The minimum Gasteiger partial charge on any atom is -0.484 e. The SMILES string of the molecule is C1=CC2c3cc(-c4nc(-c5ccccc5)nc(-c5ccc6c(c5)oc5ccccc56)n4)ccc3OC2C(c2nc(-c3ccccc3)c3oc4ccccc4c3n2)=C1. The summed E-state index contributed by atoms with van der Waals surface area (Å²) in [4.78, 5) is 25.4. The number of fused-ring (bicyclic) bond motifs is 9. The zero-order valence-corrected chi connectivity index (χ0v) is 30.2. The van der Waals surface area contributed by atoms with Crippen LogP contribution in [0.3, 0.4) is 0 Å². The van der Waals surface area contributed by atoms with E-state index < -0.39 is 0 Å². The van der Waals surface area contributed by atoms with Gasteiger partial charge in [0, 0.05) is 55.5 Å². The van der Waals surface area contributed by atoms with Crippen LogP contribution in [0, 0.1) is 0 Å². The first-order valence-electron chi connectivity index (χ1n) is 18.9. The average molecular weight is 736 g/mol. The van der Waals surface area contributed by atoms with Crippen LogP contribution in [-0.2, 0) is 0 Å². The predicted molar refractivity (Wildman–Crippen MR) is 222 cm³/mol. The fourth-order valence-electron chi connectivity index (χ4n) is 8.19. The Morgan fingerprint density at radius 1 is 0.456 bits per heavy atom. The molecule has 2 atom stereocenters. The maximum absolute atomic E-state index is 6.76. The van der Waals surface area contributed by atoms with E-state index in [2.05, 4.69) is 42.5 Å². The molecule has 8 nitrogen and oxygen atoms in total. The number of allylic oxidation sites excluding steroid dienone is 2. The van der Waals surface area contributed by atoms with Crippen molar-refractivity contribution in [2.75, 3.05) is 0 Å². The van der Waals surface area contributed by atoms with Crippen LogP contribution in [-0.4, -0.2) is 31.0 Å². The lowest BCUT2D eigenvalue weighted by Gasteiger charge is -2.22. The van der Waals surface area contributed by atoms with Gasteiger partial charge in [-0.05, 0) is 48.5 Å². The second-order valence-electron chi connectivity index (χ2n) is 14.3. The van der Waals surface area contributed by atoms with E-state index in [1.807, 2.05) is 121 Å². The van der Waals surface area contributed by atoms with E-state index in [0.29, 0.717) is 28.9 Å². The van der Waals surface area contributed by atoms with E-state index in [1.54, 1.807) is 0 Å². The van der Waals surface area contributed by atoms with E-state index in [9.17, 15) is 0 Å². The molecule has 2 unspecified atom stereocenters. The fourth-order valence-corrected chi connectivity index (χ4v) is 8.19. The maximum atomic E-state index is 6.76. The molecule has 1 aliphatic heterocycles. The summed E-state index contributed by atoms with van der Waals surface area (Å²) in [6.45, 7) is 0. The molecule has 12 rings (SSSR count). The minimum absolute atomic E-state index is 0.0779. The molecule has 2 aliphatic rings. The number of nitrogens with zero attached hydrogens (tertiary/aromatic N) is 5. The Labute approximate surface area is 325 Å². The normalized spacial score (nSPS) is 15.9. The molecular formula is C49H29N5O3. The number of furan rings is 2. The quantitative estimate of drug-likeness (QED) is 0.172. The van der Waals surface area contributed by atoms with Gasteiger partial charge >= 0.3 is 0 Å². The van der Waals surface area contributed by atoms with E-state index in [4.69, 9.17) is 38.5 Å². The molecule has 0 amide bonds. The van der Waals surface area contributed by atoms with Crippen LogP contribution in [0.25, 0.3) is 95.0 Å². The lowest BCUT2D eigenvalue weighted by molar-refractivity contribution is 0.277. The Morgan fingerprint density at radius 3 is 1.88 bits per heavy atom. The van der Waals surface area contributed by atoms with Crippen LogP contribution >= 0.6 is 0 Å². The summed E-state index contributed by atoms with van der Waals surface area (Å²) in [5.41, 5.74) is 10.1. The van der Waals surface area contributed by atoms with Crippen molar-refractivity contribution in [2.24, 2.45) is 0 Å². The van der Waals surface area contributed by atoms with Gasteiger partial charge in [-0.3, -0.25) is 0 Å². The van der Waals surface area contributed by atoms with Crippen molar-refractivity contribution < 1.29 is 13.6 Å². The van der Waals surface area contributed by atoms with E-state index >= 15 is 0 Å². The summed E-state index contributed by atoms with van der Waals surface area (Å²) < 4.78 is 19.4. The minimum atomic E-state index is -0.330. The van der Waals surface area contributed by atoms with Gasteiger partial charge in [-0.15, -0.1) is 0 Å². The second-order valence-corrected chi connectivity index (χ2v) is 14.3. The molecule has 0 spiro atoms. The highest BCUT2D eigenvalue weighted by atomic mass is 16.5. The van der Waals surface area contributed by atoms with Gasteiger partial charge in [0.05, 0.1) is 0 Å².